The van der Waals surface area contributed by atoms with Gasteiger partial charge in [0.25, 0.3) is 0 Å². The summed E-state index contributed by atoms with van der Waals surface area (Å²) in [6.45, 7) is 8.84. The van der Waals surface area contributed by atoms with Gasteiger partial charge in [-0.15, -0.1) is 11.3 Å². The van der Waals surface area contributed by atoms with Gasteiger partial charge in [-0.2, -0.15) is 0 Å². The summed E-state index contributed by atoms with van der Waals surface area (Å²) < 4.78 is 0. The van der Waals surface area contributed by atoms with Gasteiger partial charge >= 0.3 is 0 Å². The molecular formula is C14H26N2S. The highest BCUT2D eigenvalue weighted by molar-refractivity contribution is 7.09. The van der Waals surface area contributed by atoms with Crippen molar-refractivity contribution in [1.82, 2.24) is 4.90 Å². The van der Waals surface area contributed by atoms with Crippen LogP contribution >= 0.6 is 11.3 Å². The highest BCUT2D eigenvalue weighted by Crippen LogP contribution is 2.19. The predicted octanol–water partition coefficient (Wildman–Crippen LogP) is 2.99. The van der Waals surface area contributed by atoms with Gasteiger partial charge in [0.05, 0.1) is 0 Å². The normalized spacial score (nSPS) is 14.2. The van der Waals surface area contributed by atoms with Crippen LogP contribution in [-0.4, -0.2) is 31.1 Å². The number of rotatable bonds is 6. The Labute approximate surface area is 110 Å². The van der Waals surface area contributed by atoms with Crippen LogP contribution in [0.5, 0.6) is 0 Å². The summed E-state index contributed by atoms with van der Waals surface area (Å²) in [5.41, 5.74) is 6.38. The molecule has 1 unspecified atom stereocenters. The molecule has 1 heterocycles. The Hall–Kier alpha value is -0.380. The quantitative estimate of drug-likeness (QED) is 0.845. The monoisotopic (exact) mass is 254 g/mol. The molecule has 1 aromatic heterocycles. The summed E-state index contributed by atoms with van der Waals surface area (Å²) in [4.78, 5) is 3.85. The Balaban J connectivity index is 2.19. The van der Waals surface area contributed by atoms with E-state index in [1.165, 1.54) is 4.88 Å². The third-order valence-corrected chi connectivity index (χ3v) is 4.19. The molecule has 1 atom stereocenters. The van der Waals surface area contributed by atoms with E-state index in [0.29, 0.717) is 0 Å². The topological polar surface area (TPSA) is 29.3 Å². The Kier molecular flexibility index (Phi) is 5.63. The van der Waals surface area contributed by atoms with Gasteiger partial charge in [0, 0.05) is 17.5 Å². The molecule has 17 heavy (non-hydrogen) atoms. The van der Waals surface area contributed by atoms with Gasteiger partial charge in [0.2, 0.25) is 0 Å². The molecule has 0 amide bonds. The standard InChI is InChI=1S/C14H26N2S/c1-14(2,3)13(15)8-10-16(4)9-7-12-6-5-11-17-12/h5-6,11,13H,7-10,15H2,1-4H3. The maximum Gasteiger partial charge on any atom is 0.00998 e. The van der Waals surface area contributed by atoms with E-state index in [9.17, 15) is 0 Å². The summed E-state index contributed by atoms with van der Waals surface area (Å²) in [6.07, 6.45) is 2.23. The molecule has 1 aromatic rings. The second-order valence-corrected chi connectivity index (χ2v) is 6.93. The van der Waals surface area contributed by atoms with E-state index in [1.54, 1.807) is 0 Å². The number of likely N-dealkylation sites (N-methyl/N-ethyl adjacent to an activating group) is 1. The van der Waals surface area contributed by atoms with Crippen LogP contribution in [0, 0.1) is 5.41 Å². The average molecular weight is 254 g/mol. The van der Waals surface area contributed by atoms with E-state index in [0.717, 1.165) is 25.9 Å². The fraction of sp³-hybridized carbons (Fsp3) is 0.714. The molecule has 0 bridgehead atoms. The van der Waals surface area contributed by atoms with Gasteiger partial charge in [-0.1, -0.05) is 26.8 Å². The molecule has 2 N–H and O–H groups in total. The molecule has 2 nitrogen and oxygen atoms in total. The van der Waals surface area contributed by atoms with Crippen LogP contribution in [0.4, 0.5) is 0 Å². The van der Waals surface area contributed by atoms with Gasteiger partial charge in [-0.05, 0) is 43.3 Å². The maximum atomic E-state index is 6.17. The molecular weight excluding hydrogens is 228 g/mol. The Morgan fingerprint density at radius 2 is 2.06 bits per heavy atom. The second kappa shape index (κ2) is 6.53. The summed E-state index contributed by atoms with van der Waals surface area (Å²) >= 11 is 1.84. The molecule has 0 fully saturated rings. The zero-order valence-corrected chi connectivity index (χ0v) is 12.4. The molecule has 0 aliphatic rings. The average Bonchev–Trinajstić information content (AvgIpc) is 2.74. The van der Waals surface area contributed by atoms with Gasteiger partial charge in [-0.25, -0.2) is 0 Å². The fourth-order valence-electron chi connectivity index (χ4n) is 1.66. The zero-order valence-electron chi connectivity index (χ0n) is 11.6. The minimum Gasteiger partial charge on any atom is -0.327 e. The third-order valence-electron chi connectivity index (χ3n) is 3.25. The van der Waals surface area contributed by atoms with E-state index in [4.69, 9.17) is 5.73 Å². The van der Waals surface area contributed by atoms with Crippen molar-refractivity contribution >= 4 is 11.3 Å². The van der Waals surface area contributed by atoms with Gasteiger partial charge in [-0.3, -0.25) is 0 Å². The number of thiophene rings is 1. The van der Waals surface area contributed by atoms with Crippen LogP contribution in [-0.2, 0) is 6.42 Å². The first kappa shape index (κ1) is 14.7. The lowest BCUT2D eigenvalue weighted by atomic mass is 9.85. The van der Waals surface area contributed by atoms with Crippen molar-refractivity contribution in [3.63, 3.8) is 0 Å². The predicted molar refractivity (Wildman–Crippen MR) is 77.6 cm³/mol. The lowest BCUT2D eigenvalue weighted by Gasteiger charge is -2.28. The highest BCUT2D eigenvalue weighted by Gasteiger charge is 2.20. The summed E-state index contributed by atoms with van der Waals surface area (Å²) in [5.74, 6) is 0. The van der Waals surface area contributed by atoms with Crippen LogP contribution in [0.3, 0.4) is 0 Å². The molecule has 0 saturated heterocycles. The minimum absolute atomic E-state index is 0.217. The molecule has 1 rings (SSSR count). The first-order valence-corrected chi connectivity index (χ1v) is 7.24. The molecule has 0 aromatic carbocycles. The number of nitrogens with two attached hydrogens (primary N) is 1. The number of hydrogen-bond donors (Lipinski definition) is 1. The van der Waals surface area contributed by atoms with Crippen molar-refractivity contribution in [1.29, 1.82) is 0 Å². The van der Waals surface area contributed by atoms with Crippen LogP contribution in [0.15, 0.2) is 17.5 Å². The molecule has 3 heteroatoms. The van der Waals surface area contributed by atoms with Crippen molar-refractivity contribution in [2.45, 2.75) is 39.7 Å². The largest absolute Gasteiger partial charge is 0.327 e. The van der Waals surface area contributed by atoms with Crippen molar-refractivity contribution in [2.24, 2.45) is 11.1 Å². The van der Waals surface area contributed by atoms with Crippen LogP contribution < -0.4 is 5.73 Å². The second-order valence-electron chi connectivity index (χ2n) is 5.89. The van der Waals surface area contributed by atoms with Crippen molar-refractivity contribution in [3.05, 3.63) is 22.4 Å². The SMILES string of the molecule is CN(CCc1cccs1)CCC(N)C(C)(C)C. The first-order valence-electron chi connectivity index (χ1n) is 6.36. The van der Waals surface area contributed by atoms with Gasteiger partial charge < -0.3 is 10.6 Å². The molecule has 0 spiro atoms. The number of hydrogen-bond acceptors (Lipinski definition) is 3. The van der Waals surface area contributed by atoms with Crippen molar-refractivity contribution in [3.8, 4) is 0 Å². The first-order chi connectivity index (χ1) is 7.89. The van der Waals surface area contributed by atoms with Crippen molar-refractivity contribution in [2.75, 3.05) is 20.1 Å². The van der Waals surface area contributed by atoms with E-state index in [-0.39, 0.29) is 11.5 Å². The summed E-state index contributed by atoms with van der Waals surface area (Å²) in [6, 6.07) is 4.61. The lowest BCUT2D eigenvalue weighted by Crippen LogP contribution is -2.38. The van der Waals surface area contributed by atoms with Gasteiger partial charge in [0.15, 0.2) is 0 Å². The molecule has 0 aliphatic heterocycles. The van der Waals surface area contributed by atoms with Gasteiger partial charge in [0.1, 0.15) is 0 Å². The van der Waals surface area contributed by atoms with Crippen LogP contribution in [0.25, 0.3) is 0 Å². The van der Waals surface area contributed by atoms with Crippen LogP contribution in [0.2, 0.25) is 0 Å². The van der Waals surface area contributed by atoms with E-state index in [1.807, 2.05) is 11.3 Å². The lowest BCUT2D eigenvalue weighted by molar-refractivity contribution is 0.257. The molecule has 0 saturated carbocycles. The van der Waals surface area contributed by atoms with Crippen molar-refractivity contribution < 1.29 is 0 Å². The molecule has 0 aliphatic carbocycles. The van der Waals surface area contributed by atoms with E-state index in [2.05, 4.69) is 50.2 Å². The fourth-order valence-corrected chi connectivity index (χ4v) is 2.36. The minimum atomic E-state index is 0.217. The Morgan fingerprint density at radius 3 is 2.59 bits per heavy atom. The van der Waals surface area contributed by atoms with E-state index >= 15 is 0 Å². The molecule has 0 radical (unpaired) electrons. The molecule has 98 valence electrons. The van der Waals surface area contributed by atoms with E-state index < -0.39 is 0 Å². The third kappa shape index (κ3) is 5.66. The smallest absolute Gasteiger partial charge is 0.00998 e. The Morgan fingerprint density at radius 1 is 1.35 bits per heavy atom. The summed E-state index contributed by atoms with van der Waals surface area (Å²) in [7, 11) is 2.18. The zero-order chi connectivity index (χ0) is 12.9. The summed E-state index contributed by atoms with van der Waals surface area (Å²) in [5, 5.41) is 2.14. The highest BCUT2D eigenvalue weighted by atomic mass is 32.1. The van der Waals surface area contributed by atoms with Crippen LogP contribution in [0.1, 0.15) is 32.1 Å². The number of nitrogens with zero attached hydrogens (tertiary/aromatic N) is 1. The Bertz CT molecular complexity index is 301. The maximum absolute atomic E-state index is 6.17.